The van der Waals surface area contributed by atoms with Crippen LogP contribution in [0.15, 0.2) is 46.9 Å². The molecule has 2 aliphatic heterocycles. The van der Waals surface area contributed by atoms with Crippen LogP contribution >= 0.6 is 0 Å². The third-order valence-corrected chi connectivity index (χ3v) is 5.71. The summed E-state index contributed by atoms with van der Waals surface area (Å²) in [4.78, 5) is 38.6. The van der Waals surface area contributed by atoms with Crippen LogP contribution in [-0.4, -0.2) is 58.8 Å². The molecular weight excluding hydrogens is 388 g/mol. The number of rotatable bonds is 6. The van der Waals surface area contributed by atoms with Crippen molar-refractivity contribution in [3.8, 4) is 0 Å². The lowest BCUT2D eigenvalue weighted by Gasteiger charge is -2.39. The number of carbonyl (C=O) groups is 2. The molecule has 0 unspecified atom stereocenters. The van der Waals surface area contributed by atoms with Crippen molar-refractivity contribution in [1.82, 2.24) is 15.1 Å². The molecule has 9 heteroatoms. The van der Waals surface area contributed by atoms with Gasteiger partial charge in [-0.25, -0.2) is 0 Å². The first-order valence-corrected chi connectivity index (χ1v) is 10.1. The molecule has 9 nitrogen and oxygen atoms in total. The number of hydrogen-bond donors (Lipinski definition) is 1. The van der Waals surface area contributed by atoms with Crippen molar-refractivity contribution >= 4 is 17.7 Å². The molecule has 2 aliphatic rings. The smallest absolute Gasteiger partial charge is 0.395 e. The standard InChI is InChI=1S/C21H24N4O5/c26-20(16-13-24(14-16)21(27)18-6-7-19(30-18)25(28)29)22-17-8-10-23(11-9-17)12-15-4-2-1-3-5-15/h1-7,16-17H,8-14H2,(H,22,26). The van der Waals surface area contributed by atoms with E-state index in [2.05, 4.69) is 22.3 Å². The largest absolute Gasteiger partial charge is 0.433 e. The first-order valence-electron chi connectivity index (χ1n) is 10.1. The Bertz CT molecular complexity index is 914. The van der Waals surface area contributed by atoms with Crippen molar-refractivity contribution in [3.05, 3.63) is 63.9 Å². The number of nitrogens with one attached hydrogen (secondary N) is 1. The maximum atomic E-state index is 12.5. The molecule has 2 saturated heterocycles. The highest BCUT2D eigenvalue weighted by atomic mass is 16.6. The van der Waals surface area contributed by atoms with Gasteiger partial charge in [0.25, 0.3) is 5.91 Å². The van der Waals surface area contributed by atoms with Gasteiger partial charge in [-0.2, -0.15) is 0 Å². The fourth-order valence-electron chi connectivity index (χ4n) is 3.90. The molecule has 30 heavy (non-hydrogen) atoms. The Morgan fingerprint density at radius 3 is 2.43 bits per heavy atom. The average Bonchev–Trinajstić information content (AvgIpc) is 3.20. The monoisotopic (exact) mass is 412 g/mol. The second-order valence-corrected chi connectivity index (χ2v) is 7.85. The van der Waals surface area contributed by atoms with Crippen LogP contribution in [0.5, 0.6) is 0 Å². The van der Waals surface area contributed by atoms with Crippen molar-refractivity contribution in [2.75, 3.05) is 26.2 Å². The first-order chi connectivity index (χ1) is 14.5. The number of hydrogen-bond acceptors (Lipinski definition) is 6. The minimum absolute atomic E-state index is 0.0361. The molecule has 2 fully saturated rings. The number of nitro groups is 1. The quantitative estimate of drug-likeness (QED) is 0.574. The molecule has 0 saturated carbocycles. The summed E-state index contributed by atoms with van der Waals surface area (Å²) in [5, 5.41) is 13.8. The van der Waals surface area contributed by atoms with Gasteiger partial charge in [-0.1, -0.05) is 30.3 Å². The van der Waals surface area contributed by atoms with Gasteiger partial charge in [-0.3, -0.25) is 24.6 Å². The van der Waals surface area contributed by atoms with Crippen molar-refractivity contribution in [2.45, 2.75) is 25.4 Å². The number of carbonyl (C=O) groups excluding carboxylic acids is 2. The summed E-state index contributed by atoms with van der Waals surface area (Å²) in [6.07, 6.45) is 1.81. The SMILES string of the molecule is O=C(NC1CCN(Cc2ccccc2)CC1)C1CN(C(=O)c2ccc([N+](=O)[O-])o2)C1. The maximum absolute atomic E-state index is 12.5. The third-order valence-electron chi connectivity index (χ3n) is 5.71. The third kappa shape index (κ3) is 4.51. The van der Waals surface area contributed by atoms with Crippen LogP contribution in [0.3, 0.4) is 0 Å². The molecule has 158 valence electrons. The summed E-state index contributed by atoms with van der Waals surface area (Å²) < 4.78 is 4.94. The Morgan fingerprint density at radius 1 is 1.10 bits per heavy atom. The van der Waals surface area contributed by atoms with Gasteiger partial charge < -0.3 is 14.6 Å². The summed E-state index contributed by atoms with van der Waals surface area (Å²) in [6, 6.07) is 12.9. The van der Waals surface area contributed by atoms with Crippen LogP contribution in [-0.2, 0) is 11.3 Å². The van der Waals surface area contributed by atoms with Crippen LogP contribution < -0.4 is 5.32 Å². The van der Waals surface area contributed by atoms with Crippen LogP contribution in [0.25, 0.3) is 0 Å². The molecule has 2 aromatic rings. The van der Waals surface area contributed by atoms with Crippen molar-refractivity contribution in [2.24, 2.45) is 5.92 Å². The normalized spacial score (nSPS) is 18.1. The van der Waals surface area contributed by atoms with E-state index in [-0.39, 0.29) is 23.6 Å². The Labute approximate surface area is 173 Å². The fourth-order valence-corrected chi connectivity index (χ4v) is 3.90. The molecule has 0 aliphatic carbocycles. The second kappa shape index (κ2) is 8.66. The molecule has 4 rings (SSSR count). The fraction of sp³-hybridized carbons (Fsp3) is 0.429. The van der Waals surface area contributed by atoms with Crippen molar-refractivity contribution in [3.63, 3.8) is 0 Å². The van der Waals surface area contributed by atoms with Gasteiger partial charge in [0.1, 0.15) is 4.92 Å². The van der Waals surface area contributed by atoms with Crippen LogP contribution in [0.4, 0.5) is 5.88 Å². The van der Waals surface area contributed by atoms with E-state index in [4.69, 9.17) is 4.42 Å². The lowest BCUT2D eigenvalue weighted by Crippen LogP contribution is -2.57. The highest BCUT2D eigenvalue weighted by Gasteiger charge is 2.38. The average molecular weight is 412 g/mol. The number of likely N-dealkylation sites (tertiary alicyclic amines) is 2. The van der Waals surface area contributed by atoms with E-state index in [9.17, 15) is 19.7 Å². The second-order valence-electron chi connectivity index (χ2n) is 7.85. The van der Waals surface area contributed by atoms with Gasteiger partial charge >= 0.3 is 5.88 Å². The molecule has 1 aromatic heterocycles. The molecule has 1 N–H and O–H groups in total. The molecule has 1 aromatic carbocycles. The zero-order chi connectivity index (χ0) is 21.1. The summed E-state index contributed by atoms with van der Waals surface area (Å²) in [5.41, 5.74) is 1.29. The molecular formula is C21H24N4O5. The molecule has 0 spiro atoms. The van der Waals surface area contributed by atoms with Gasteiger partial charge in [-0.05, 0) is 24.5 Å². The number of nitrogens with zero attached hydrogens (tertiary/aromatic N) is 3. The Hall–Kier alpha value is -3.20. The molecule has 3 heterocycles. The number of furan rings is 1. The van der Waals surface area contributed by atoms with Crippen molar-refractivity contribution < 1.29 is 18.9 Å². The van der Waals surface area contributed by atoms with E-state index < -0.39 is 16.7 Å². The highest BCUT2D eigenvalue weighted by Crippen LogP contribution is 2.23. The summed E-state index contributed by atoms with van der Waals surface area (Å²) in [6.45, 7) is 3.39. The Morgan fingerprint density at radius 2 is 1.80 bits per heavy atom. The van der Waals surface area contributed by atoms with E-state index in [0.717, 1.165) is 38.5 Å². The van der Waals surface area contributed by atoms with Crippen molar-refractivity contribution in [1.29, 1.82) is 0 Å². The van der Waals surface area contributed by atoms with Crippen LogP contribution in [0.2, 0.25) is 0 Å². The van der Waals surface area contributed by atoms with E-state index >= 15 is 0 Å². The van der Waals surface area contributed by atoms with E-state index in [1.54, 1.807) is 0 Å². The Kier molecular flexibility index (Phi) is 5.80. The Balaban J connectivity index is 1.19. The molecule has 2 amide bonds. The molecule has 0 radical (unpaired) electrons. The summed E-state index contributed by atoms with van der Waals surface area (Å²) in [7, 11) is 0. The van der Waals surface area contributed by atoms with E-state index in [1.165, 1.54) is 16.5 Å². The zero-order valence-corrected chi connectivity index (χ0v) is 16.5. The predicted octanol–water partition coefficient (Wildman–Crippen LogP) is 2.04. The van der Waals surface area contributed by atoms with Gasteiger partial charge in [0.15, 0.2) is 5.76 Å². The van der Waals surface area contributed by atoms with Crippen LogP contribution in [0, 0.1) is 16.0 Å². The topological polar surface area (TPSA) is 109 Å². The minimum atomic E-state index is -0.686. The number of piperidine rings is 1. The van der Waals surface area contributed by atoms with Gasteiger partial charge in [0.2, 0.25) is 5.91 Å². The lowest BCUT2D eigenvalue weighted by molar-refractivity contribution is -0.402. The summed E-state index contributed by atoms with van der Waals surface area (Å²) in [5.74, 6) is -1.26. The van der Waals surface area contributed by atoms with E-state index in [1.807, 2.05) is 18.2 Å². The number of benzene rings is 1. The maximum Gasteiger partial charge on any atom is 0.433 e. The highest BCUT2D eigenvalue weighted by molar-refractivity contribution is 5.94. The first kappa shape index (κ1) is 20.1. The zero-order valence-electron chi connectivity index (χ0n) is 16.5. The van der Waals surface area contributed by atoms with Gasteiger partial charge in [-0.15, -0.1) is 0 Å². The van der Waals surface area contributed by atoms with Gasteiger partial charge in [0, 0.05) is 38.8 Å². The van der Waals surface area contributed by atoms with E-state index in [0.29, 0.717) is 13.1 Å². The minimum Gasteiger partial charge on any atom is -0.395 e. The number of amides is 2. The molecule has 0 bridgehead atoms. The summed E-state index contributed by atoms with van der Waals surface area (Å²) >= 11 is 0. The van der Waals surface area contributed by atoms with Gasteiger partial charge in [0.05, 0.1) is 12.0 Å². The lowest BCUT2D eigenvalue weighted by atomic mass is 9.97. The van der Waals surface area contributed by atoms with Crippen LogP contribution in [0.1, 0.15) is 29.0 Å². The predicted molar refractivity (Wildman–Crippen MR) is 108 cm³/mol. The molecule has 0 atom stereocenters.